The van der Waals surface area contributed by atoms with E-state index in [2.05, 4.69) is 5.32 Å². The highest BCUT2D eigenvalue weighted by molar-refractivity contribution is 5.91. The summed E-state index contributed by atoms with van der Waals surface area (Å²) in [5, 5.41) is 2.78. The molecular weight excluding hydrogens is 290 g/mol. The van der Waals surface area contributed by atoms with Crippen LogP contribution in [0.15, 0.2) is 54.6 Å². The van der Waals surface area contributed by atoms with Gasteiger partial charge in [0.1, 0.15) is 18.1 Å². The Labute approximate surface area is 136 Å². The van der Waals surface area contributed by atoms with Gasteiger partial charge in [0, 0.05) is 6.08 Å². The number of carbonyl (C=O) groups is 1. The number of amides is 1. The van der Waals surface area contributed by atoms with E-state index in [0.29, 0.717) is 13.2 Å². The van der Waals surface area contributed by atoms with Gasteiger partial charge >= 0.3 is 0 Å². The van der Waals surface area contributed by atoms with E-state index < -0.39 is 0 Å². The Hall–Kier alpha value is -2.75. The molecule has 23 heavy (non-hydrogen) atoms. The predicted molar refractivity (Wildman–Crippen MR) is 91.7 cm³/mol. The Balaban J connectivity index is 1.73. The summed E-state index contributed by atoms with van der Waals surface area (Å²) in [6.07, 6.45) is 3.25. The number of benzene rings is 2. The molecule has 0 unspecified atom stereocenters. The minimum Gasteiger partial charge on any atom is -0.497 e. The maximum atomic E-state index is 11.8. The van der Waals surface area contributed by atoms with Crippen LogP contribution >= 0.6 is 0 Å². The van der Waals surface area contributed by atoms with Crippen LogP contribution in [-0.4, -0.2) is 26.2 Å². The third-order valence-electron chi connectivity index (χ3n) is 3.18. The molecule has 0 aliphatic heterocycles. The van der Waals surface area contributed by atoms with Crippen molar-refractivity contribution in [2.24, 2.45) is 0 Å². The van der Waals surface area contributed by atoms with Crippen molar-refractivity contribution < 1.29 is 14.3 Å². The van der Waals surface area contributed by atoms with Gasteiger partial charge in [-0.25, -0.2) is 0 Å². The van der Waals surface area contributed by atoms with Gasteiger partial charge in [-0.15, -0.1) is 0 Å². The van der Waals surface area contributed by atoms with E-state index >= 15 is 0 Å². The van der Waals surface area contributed by atoms with Gasteiger partial charge in [0.15, 0.2) is 0 Å². The number of ether oxygens (including phenoxy) is 2. The summed E-state index contributed by atoms with van der Waals surface area (Å²) in [4.78, 5) is 11.8. The molecule has 0 atom stereocenters. The Bertz CT molecular complexity index is 680. The van der Waals surface area contributed by atoms with Crippen LogP contribution in [0.5, 0.6) is 11.5 Å². The molecule has 0 spiro atoms. The summed E-state index contributed by atoms with van der Waals surface area (Å²) in [6, 6.07) is 15.3. The van der Waals surface area contributed by atoms with Crippen molar-refractivity contribution in [3.63, 3.8) is 0 Å². The van der Waals surface area contributed by atoms with Gasteiger partial charge in [0.05, 0.1) is 13.7 Å². The maximum Gasteiger partial charge on any atom is 0.244 e. The quantitative estimate of drug-likeness (QED) is 0.631. The molecule has 0 saturated heterocycles. The highest BCUT2D eigenvalue weighted by Crippen LogP contribution is 2.13. The zero-order valence-corrected chi connectivity index (χ0v) is 13.4. The van der Waals surface area contributed by atoms with E-state index in [-0.39, 0.29) is 5.91 Å². The van der Waals surface area contributed by atoms with E-state index in [1.807, 2.05) is 55.5 Å². The zero-order chi connectivity index (χ0) is 16.5. The molecule has 0 aliphatic rings. The fraction of sp³-hybridized carbons (Fsp3) is 0.211. The van der Waals surface area contributed by atoms with Gasteiger partial charge in [-0.05, 0) is 48.4 Å². The van der Waals surface area contributed by atoms with E-state index in [4.69, 9.17) is 9.47 Å². The lowest BCUT2D eigenvalue weighted by atomic mass is 10.2. The third kappa shape index (κ3) is 5.87. The van der Waals surface area contributed by atoms with Crippen LogP contribution in [0, 0.1) is 6.92 Å². The number of nitrogens with one attached hydrogen (secondary N) is 1. The molecule has 0 heterocycles. The average molecular weight is 311 g/mol. The molecule has 0 aliphatic carbocycles. The first-order chi connectivity index (χ1) is 11.2. The molecular formula is C19H21NO3. The molecule has 0 saturated carbocycles. The number of hydrogen-bond acceptors (Lipinski definition) is 3. The van der Waals surface area contributed by atoms with E-state index in [0.717, 1.165) is 22.6 Å². The molecule has 4 nitrogen and oxygen atoms in total. The number of carbonyl (C=O) groups excluding carboxylic acids is 1. The van der Waals surface area contributed by atoms with Crippen molar-refractivity contribution in [3.05, 3.63) is 65.7 Å². The van der Waals surface area contributed by atoms with Crippen molar-refractivity contribution in [2.75, 3.05) is 20.3 Å². The zero-order valence-electron chi connectivity index (χ0n) is 13.4. The third-order valence-corrected chi connectivity index (χ3v) is 3.18. The Morgan fingerprint density at radius 3 is 2.70 bits per heavy atom. The first kappa shape index (κ1) is 16.6. The van der Waals surface area contributed by atoms with Crippen molar-refractivity contribution >= 4 is 12.0 Å². The summed E-state index contributed by atoms with van der Waals surface area (Å²) in [5.41, 5.74) is 2.06. The summed E-state index contributed by atoms with van der Waals surface area (Å²) < 4.78 is 10.7. The van der Waals surface area contributed by atoms with Crippen LogP contribution in [0.25, 0.3) is 6.08 Å². The van der Waals surface area contributed by atoms with Crippen molar-refractivity contribution in [3.8, 4) is 11.5 Å². The molecule has 120 valence electrons. The van der Waals surface area contributed by atoms with Gasteiger partial charge in [-0.2, -0.15) is 0 Å². The summed E-state index contributed by atoms with van der Waals surface area (Å²) in [6.45, 7) is 2.90. The average Bonchev–Trinajstić information content (AvgIpc) is 2.57. The molecule has 2 rings (SSSR count). The lowest BCUT2D eigenvalue weighted by Crippen LogP contribution is -2.26. The van der Waals surface area contributed by atoms with Gasteiger partial charge in [-0.1, -0.05) is 24.3 Å². The molecule has 0 fully saturated rings. The van der Waals surface area contributed by atoms with E-state index in [9.17, 15) is 4.79 Å². The molecule has 0 radical (unpaired) electrons. The molecule has 2 aromatic rings. The molecule has 4 heteroatoms. The minimum absolute atomic E-state index is 0.152. The van der Waals surface area contributed by atoms with Crippen LogP contribution in [-0.2, 0) is 4.79 Å². The first-order valence-electron chi connectivity index (χ1n) is 7.47. The monoisotopic (exact) mass is 311 g/mol. The molecule has 0 aromatic heterocycles. The summed E-state index contributed by atoms with van der Waals surface area (Å²) in [7, 11) is 1.61. The number of hydrogen-bond donors (Lipinski definition) is 1. The number of methoxy groups -OCH3 is 1. The molecule has 1 amide bonds. The summed E-state index contributed by atoms with van der Waals surface area (Å²) >= 11 is 0. The lowest BCUT2D eigenvalue weighted by Gasteiger charge is -2.07. The normalized spacial score (nSPS) is 10.5. The highest BCUT2D eigenvalue weighted by Gasteiger charge is 1.98. The predicted octanol–water partition coefficient (Wildman–Crippen LogP) is 3.21. The van der Waals surface area contributed by atoms with Crippen molar-refractivity contribution in [1.29, 1.82) is 0 Å². The standard InChI is InChI=1S/C19H21NO3/c1-15-5-3-8-18(13-15)23-12-11-20-19(21)10-9-16-6-4-7-17(14-16)22-2/h3-10,13-14H,11-12H2,1-2H3,(H,20,21)/b10-9+. The van der Waals surface area contributed by atoms with Gasteiger partial charge in [0.25, 0.3) is 0 Å². The molecule has 1 N–H and O–H groups in total. The smallest absolute Gasteiger partial charge is 0.244 e. The van der Waals surface area contributed by atoms with E-state index in [1.165, 1.54) is 6.08 Å². The molecule has 2 aromatic carbocycles. The van der Waals surface area contributed by atoms with Crippen LogP contribution < -0.4 is 14.8 Å². The summed E-state index contributed by atoms with van der Waals surface area (Å²) in [5.74, 6) is 1.42. The van der Waals surface area contributed by atoms with Crippen LogP contribution in [0.2, 0.25) is 0 Å². The van der Waals surface area contributed by atoms with Crippen LogP contribution in [0.4, 0.5) is 0 Å². The number of aryl methyl sites for hydroxylation is 1. The Morgan fingerprint density at radius 2 is 1.91 bits per heavy atom. The second-order valence-electron chi connectivity index (χ2n) is 5.07. The SMILES string of the molecule is COc1cccc(/C=C/C(=O)NCCOc2cccc(C)c2)c1. The Morgan fingerprint density at radius 1 is 1.13 bits per heavy atom. The van der Waals surface area contributed by atoms with Gasteiger partial charge in [0.2, 0.25) is 5.91 Å². The topological polar surface area (TPSA) is 47.6 Å². The molecule has 0 bridgehead atoms. The van der Waals surface area contributed by atoms with Gasteiger partial charge < -0.3 is 14.8 Å². The van der Waals surface area contributed by atoms with Crippen molar-refractivity contribution in [1.82, 2.24) is 5.32 Å². The lowest BCUT2D eigenvalue weighted by molar-refractivity contribution is -0.116. The highest BCUT2D eigenvalue weighted by atomic mass is 16.5. The second-order valence-corrected chi connectivity index (χ2v) is 5.07. The van der Waals surface area contributed by atoms with Crippen molar-refractivity contribution in [2.45, 2.75) is 6.92 Å². The second kappa shape index (κ2) is 8.63. The van der Waals surface area contributed by atoms with Gasteiger partial charge in [-0.3, -0.25) is 4.79 Å². The van der Waals surface area contributed by atoms with Crippen LogP contribution in [0.3, 0.4) is 0 Å². The largest absolute Gasteiger partial charge is 0.497 e. The van der Waals surface area contributed by atoms with E-state index in [1.54, 1.807) is 13.2 Å². The Kier molecular flexibility index (Phi) is 6.24. The fourth-order valence-corrected chi connectivity index (χ4v) is 2.02. The fourth-order valence-electron chi connectivity index (χ4n) is 2.02. The minimum atomic E-state index is -0.152. The van der Waals surface area contributed by atoms with Crippen LogP contribution in [0.1, 0.15) is 11.1 Å². The number of rotatable bonds is 7. The maximum absolute atomic E-state index is 11.8. The first-order valence-corrected chi connectivity index (χ1v) is 7.47.